The second kappa shape index (κ2) is 23.1. The van der Waals surface area contributed by atoms with Gasteiger partial charge in [0.1, 0.15) is 0 Å². The molecular formula is C28H57NO2. The highest BCUT2D eigenvalue weighted by Crippen LogP contribution is 2.17. The van der Waals surface area contributed by atoms with Crippen molar-refractivity contribution in [3.63, 3.8) is 0 Å². The standard InChI is InChI=1S/C28H57NO2/c1-2-3-4-5-6-7-8-9-10-11-12-13-14-15-16-17-18-19-22-28-27-31-26-24-29(28)23-20-21-25-30/h28,30H,2-27H2,1H3. The number of morpholine rings is 1. The fourth-order valence-electron chi connectivity index (χ4n) is 4.96. The van der Waals surface area contributed by atoms with E-state index in [-0.39, 0.29) is 0 Å². The second-order valence-corrected chi connectivity index (χ2v) is 9.99. The van der Waals surface area contributed by atoms with Crippen LogP contribution < -0.4 is 0 Å². The minimum atomic E-state index is 0.328. The zero-order chi connectivity index (χ0) is 22.2. The third kappa shape index (κ3) is 18.0. The number of aliphatic hydroxyl groups excluding tert-OH is 1. The summed E-state index contributed by atoms with van der Waals surface area (Å²) in [4.78, 5) is 2.60. The van der Waals surface area contributed by atoms with Crippen molar-refractivity contribution < 1.29 is 9.84 Å². The summed E-state index contributed by atoms with van der Waals surface area (Å²) in [6, 6.07) is 0.619. The molecule has 0 aromatic heterocycles. The van der Waals surface area contributed by atoms with Crippen molar-refractivity contribution in [1.29, 1.82) is 0 Å². The second-order valence-electron chi connectivity index (χ2n) is 9.99. The van der Waals surface area contributed by atoms with Gasteiger partial charge in [-0.05, 0) is 25.8 Å². The average Bonchev–Trinajstić information content (AvgIpc) is 2.79. The molecule has 31 heavy (non-hydrogen) atoms. The Morgan fingerprint density at radius 1 is 0.645 bits per heavy atom. The van der Waals surface area contributed by atoms with Crippen LogP contribution in [-0.4, -0.2) is 49.0 Å². The Hall–Kier alpha value is -0.120. The largest absolute Gasteiger partial charge is 0.396 e. The molecule has 1 unspecified atom stereocenters. The molecule has 3 heteroatoms. The Balaban J connectivity index is 1.79. The molecule has 0 amide bonds. The van der Waals surface area contributed by atoms with Crippen molar-refractivity contribution in [1.82, 2.24) is 4.90 Å². The molecule has 1 saturated heterocycles. The first-order chi connectivity index (χ1) is 15.4. The van der Waals surface area contributed by atoms with Gasteiger partial charge < -0.3 is 9.84 Å². The predicted octanol–water partition coefficient (Wildman–Crippen LogP) is 7.89. The minimum absolute atomic E-state index is 0.328. The van der Waals surface area contributed by atoms with E-state index >= 15 is 0 Å². The number of rotatable bonds is 23. The van der Waals surface area contributed by atoms with E-state index in [1.54, 1.807) is 0 Å². The fraction of sp³-hybridized carbons (Fsp3) is 1.00. The molecule has 0 aromatic rings. The quantitative estimate of drug-likeness (QED) is 0.164. The van der Waals surface area contributed by atoms with Crippen LogP contribution in [0.5, 0.6) is 0 Å². The normalized spacial score (nSPS) is 17.4. The lowest BCUT2D eigenvalue weighted by Crippen LogP contribution is -2.45. The molecule has 0 bridgehead atoms. The van der Waals surface area contributed by atoms with Crippen LogP contribution in [0.1, 0.15) is 142 Å². The highest BCUT2D eigenvalue weighted by molar-refractivity contribution is 4.75. The Kier molecular flexibility index (Phi) is 21.5. The number of unbranched alkanes of at least 4 members (excludes halogenated alkanes) is 18. The molecular weight excluding hydrogens is 382 g/mol. The molecule has 1 fully saturated rings. The molecule has 0 aliphatic carbocycles. The first kappa shape index (κ1) is 28.9. The van der Waals surface area contributed by atoms with E-state index in [9.17, 15) is 0 Å². The molecule has 0 spiro atoms. The first-order valence-corrected chi connectivity index (χ1v) is 14.3. The molecule has 1 aliphatic rings. The highest BCUT2D eigenvalue weighted by Gasteiger charge is 2.21. The van der Waals surface area contributed by atoms with Crippen molar-refractivity contribution in [2.45, 2.75) is 148 Å². The summed E-state index contributed by atoms with van der Waals surface area (Å²) in [5, 5.41) is 8.99. The van der Waals surface area contributed by atoms with Gasteiger partial charge in [-0.1, -0.05) is 122 Å². The van der Waals surface area contributed by atoms with Crippen LogP contribution in [0.15, 0.2) is 0 Å². The number of ether oxygens (including phenoxy) is 1. The van der Waals surface area contributed by atoms with Crippen LogP contribution in [0, 0.1) is 0 Å². The summed E-state index contributed by atoms with van der Waals surface area (Å²) < 4.78 is 5.72. The van der Waals surface area contributed by atoms with Crippen molar-refractivity contribution in [2.24, 2.45) is 0 Å². The van der Waals surface area contributed by atoms with Gasteiger partial charge in [0, 0.05) is 19.2 Å². The van der Waals surface area contributed by atoms with Gasteiger partial charge in [-0.3, -0.25) is 4.90 Å². The SMILES string of the molecule is CCCCCCCCCCCCCCCCCCCCC1COCCN1CCCCO. The lowest BCUT2D eigenvalue weighted by atomic mass is 10.0. The van der Waals surface area contributed by atoms with Crippen molar-refractivity contribution in [3.8, 4) is 0 Å². The molecule has 0 radical (unpaired) electrons. The molecule has 3 nitrogen and oxygen atoms in total. The monoisotopic (exact) mass is 439 g/mol. The maximum atomic E-state index is 8.99. The molecule has 1 rings (SSSR count). The highest BCUT2D eigenvalue weighted by atomic mass is 16.5. The summed E-state index contributed by atoms with van der Waals surface area (Å²) in [5.41, 5.74) is 0. The Labute approximate surface area is 195 Å². The predicted molar refractivity (Wildman–Crippen MR) is 136 cm³/mol. The molecule has 1 aliphatic heterocycles. The zero-order valence-electron chi connectivity index (χ0n) is 21.3. The van der Waals surface area contributed by atoms with Crippen LogP contribution in [0.4, 0.5) is 0 Å². The molecule has 1 N–H and O–H groups in total. The van der Waals surface area contributed by atoms with Gasteiger partial charge >= 0.3 is 0 Å². The van der Waals surface area contributed by atoms with Crippen LogP contribution in [0.3, 0.4) is 0 Å². The van der Waals surface area contributed by atoms with Crippen molar-refractivity contribution in [2.75, 3.05) is 32.9 Å². The number of nitrogens with zero attached hydrogens (tertiary/aromatic N) is 1. The lowest BCUT2D eigenvalue weighted by molar-refractivity contribution is -0.0121. The Morgan fingerprint density at radius 3 is 1.61 bits per heavy atom. The Bertz CT molecular complexity index is 350. The minimum Gasteiger partial charge on any atom is -0.396 e. The number of aliphatic hydroxyl groups is 1. The van der Waals surface area contributed by atoms with Gasteiger partial charge in [0.2, 0.25) is 0 Å². The molecule has 0 saturated carbocycles. The van der Waals surface area contributed by atoms with Gasteiger partial charge in [-0.15, -0.1) is 0 Å². The third-order valence-corrected chi connectivity index (χ3v) is 7.09. The van der Waals surface area contributed by atoms with Crippen LogP contribution in [0.2, 0.25) is 0 Å². The summed E-state index contributed by atoms with van der Waals surface area (Å²) in [6.45, 7) is 6.63. The van der Waals surface area contributed by atoms with E-state index in [2.05, 4.69) is 11.8 Å². The van der Waals surface area contributed by atoms with Crippen molar-refractivity contribution in [3.05, 3.63) is 0 Å². The summed E-state index contributed by atoms with van der Waals surface area (Å²) in [7, 11) is 0. The van der Waals surface area contributed by atoms with E-state index in [1.165, 1.54) is 122 Å². The topological polar surface area (TPSA) is 32.7 Å². The Morgan fingerprint density at radius 2 is 1.13 bits per heavy atom. The van der Waals surface area contributed by atoms with Crippen LogP contribution in [0.25, 0.3) is 0 Å². The summed E-state index contributed by atoms with van der Waals surface area (Å²) in [5.74, 6) is 0. The van der Waals surface area contributed by atoms with Gasteiger partial charge in [0.05, 0.1) is 13.2 Å². The third-order valence-electron chi connectivity index (χ3n) is 7.09. The van der Waals surface area contributed by atoms with Crippen LogP contribution >= 0.6 is 0 Å². The van der Waals surface area contributed by atoms with Gasteiger partial charge in [-0.2, -0.15) is 0 Å². The van der Waals surface area contributed by atoms with Gasteiger partial charge in [-0.25, -0.2) is 0 Å². The average molecular weight is 440 g/mol. The molecule has 1 atom stereocenters. The van der Waals surface area contributed by atoms with E-state index in [0.717, 1.165) is 39.1 Å². The number of hydrogen-bond acceptors (Lipinski definition) is 3. The lowest BCUT2D eigenvalue weighted by Gasteiger charge is -2.35. The first-order valence-electron chi connectivity index (χ1n) is 14.3. The van der Waals surface area contributed by atoms with E-state index in [4.69, 9.17) is 9.84 Å². The smallest absolute Gasteiger partial charge is 0.0622 e. The van der Waals surface area contributed by atoms with Crippen LogP contribution in [-0.2, 0) is 4.74 Å². The fourth-order valence-corrected chi connectivity index (χ4v) is 4.96. The maximum absolute atomic E-state index is 8.99. The van der Waals surface area contributed by atoms with Gasteiger partial charge in [0.15, 0.2) is 0 Å². The number of hydrogen-bond donors (Lipinski definition) is 1. The van der Waals surface area contributed by atoms with E-state index in [0.29, 0.717) is 12.6 Å². The molecule has 186 valence electrons. The van der Waals surface area contributed by atoms with Crippen molar-refractivity contribution >= 4 is 0 Å². The van der Waals surface area contributed by atoms with E-state index < -0.39 is 0 Å². The summed E-state index contributed by atoms with van der Waals surface area (Å²) >= 11 is 0. The van der Waals surface area contributed by atoms with E-state index in [1.807, 2.05) is 0 Å². The maximum Gasteiger partial charge on any atom is 0.0622 e. The van der Waals surface area contributed by atoms with Gasteiger partial charge in [0.25, 0.3) is 0 Å². The summed E-state index contributed by atoms with van der Waals surface area (Å²) in [6.07, 6.45) is 29.3. The zero-order valence-corrected chi connectivity index (χ0v) is 21.3. The molecule has 0 aromatic carbocycles. The molecule has 1 heterocycles.